The first-order chi connectivity index (χ1) is 39.4. The lowest BCUT2D eigenvalue weighted by Gasteiger charge is -2.70. The van der Waals surface area contributed by atoms with Gasteiger partial charge in [-0.3, -0.25) is 0 Å². The summed E-state index contributed by atoms with van der Waals surface area (Å²) in [4.78, 5) is 0. The van der Waals surface area contributed by atoms with Crippen molar-refractivity contribution in [2.75, 3.05) is 33.0 Å². The molecule has 11 fully saturated rings. The van der Waals surface area contributed by atoms with Gasteiger partial charge in [0.25, 0.3) is 0 Å². The van der Waals surface area contributed by atoms with Crippen molar-refractivity contribution in [1.82, 2.24) is 0 Å². The van der Waals surface area contributed by atoms with Crippen LogP contribution >= 0.6 is 0 Å². The molecule has 84 heavy (non-hydrogen) atoms. The van der Waals surface area contributed by atoms with Crippen molar-refractivity contribution < 1.29 is 128 Å². The number of fused-ring (bicyclic) bond motifs is 4. The third kappa shape index (κ3) is 10.5. The van der Waals surface area contributed by atoms with E-state index >= 15 is 0 Å². The fraction of sp³-hybridized carbons (Fsp3) is 0.966. The van der Waals surface area contributed by atoms with Gasteiger partial charge in [-0.25, -0.2) is 0 Å². The zero-order chi connectivity index (χ0) is 60.7. The van der Waals surface area contributed by atoms with Gasteiger partial charge in [-0.05, 0) is 100 Å². The molecule has 0 unspecified atom stereocenters. The van der Waals surface area contributed by atoms with E-state index in [0.717, 1.165) is 44.1 Å². The summed E-state index contributed by atoms with van der Waals surface area (Å²) in [5.41, 5.74) is -0.980. The van der Waals surface area contributed by atoms with Crippen LogP contribution in [0.5, 0.6) is 0 Å². The Balaban J connectivity index is 0.870. The molecule has 482 valence electrons. The van der Waals surface area contributed by atoms with Gasteiger partial charge in [0.05, 0.1) is 56.9 Å². The van der Waals surface area contributed by atoms with E-state index in [4.69, 9.17) is 56.8 Å². The van der Waals surface area contributed by atoms with Gasteiger partial charge in [-0.15, -0.1) is 0 Å². The van der Waals surface area contributed by atoms with Crippen LogP contribution in [0.3, 0.4) is 0 Å². The number of hydrogen-bond acceptors (Lipinski definition) is 26. The Labute approximate surface area is 488 Å². The summed E-state index contributed by atoms with van der Waals surface area (Å²) in [7, 11) is 0. The molecule has 4 aliphatic carbocycles. The molecule has 7 aliphatic heterocycles. The minimum atomic E-state index is -2.04. The molecule has 4 saturated carbocycles. The summed E-state index contributed by atoms with van der Waals surface area (Å²) >= 11 is 0. The van der Waals surface area contributed by atoms with Crippen molar-refractivity contribution in [1.29, 1.82) is 0 Å². The molecule has 11 aliphatic rings. The second-order valence-electron chi connectivity index (χ2n) is 28.2. The zero-order valence-corrected chi connectivity index (χ0v) is 49.2. The lowest BCUT2D eigenvalue weighted by molar-refractivity contribution is -0.401. The fourth-order valence-electron chi connectivity index (χ4n) is 18.3. The van der Waals surface area contributed by atoms with Crippen molar-refractivity contribution in [2.45, 2.75) is 272 Å². The van der Waals surface area contributed by atoms with Crippen LogP contribution in [0.1, 0.15) is 107 Å². The molecule has 0 aromatic heterocycles. The summed E-state index contributed by atoms with van der Waals surface area (Å²) in [5.74, 6) is -0.440. The Morgan fingerprint density at radius 1 is 0.583 bits per heavy atom. The van der Waals surface area contributed by atoms with E-state index in [1.165, 1.54) is 6.92 Å². The number of rotatable bonds is 13. The first kappa shape index (κ1) is 64.2. The second kappa shape index (κ2) is 23.4. The fourth-order valence-corrected chi connectivity index (χ4v) is 18.3. The summed E-state index contributed by atoms with van der Waals surface area (Å²) in [6, 6.07) is 0. The maximum atomic E-state index is 12.3. The Morgan fingerprint density at radius 2 is 1.21 bits per heavy atom. The van der Waals surface area contributed by atoms with Crippen LogP contribution in [-0.2, 0) is 56.8 Å². The molecule has 7 saturated heterocycles. The van der Waals surface area contributed by atoms with Gasteiger partial charge in [0.15, 0.2) is 37.2 Å². The van der Waals surface area contributed by atoms with Gasteiger partial charge in [0.2, 0.25) is 0 Å². The predicted molar refractivity (Wildman–Crippen MR) is 283 cm³/mol. The third-order valence-electron chi connectivity index (χ3n) is 22.5. The van der Waals surface area contributed by atoms with Crippen molar-refractivity contribution in [2.24, 2.45) is 45.3 Å². The monoisotopic (exact) mass is 1210 g/mol. The first-order valence-electron chi connectivity index (χ1n) is 30.3. The van der Waals surface area contributed by atoms with Crippen LogP contribution < -0.4 is 0 Å². The lowest BCUT2D eigenvalue weighted by Crippen LogP contribution is -2.68. The summed E-state index contributed by atoms with van der Waals surface area (Å²) in [6.07, 6.45) is -31.8. The van der Waals surface area contributed by atoms with E-state index in [0.29, 0.717) is 19.4 Å². The van der Waals surface area contributed by atoms with Crippen molar-refractivity contribution >= 4 is 0 Å². The Morgan fingerprint density at radius 3 is 1.93 bits per heavy atom. The maximum absolute atomic E-state index is 12.3. The molecule has 11 rings (SSSR count). The highest BCUT2D eigenvalue weighted by molar-refractivity contribution is 5.27. The number of aliphatic hydroxyl groups is 14. The van der Waals surface area contributed by atoms with Gasteiger partial charge in [0, 0.05) is 24.2 Å². The molecule has 0 aromatic carbocycles. The number of allylic oxidation sites excluding steroid dienone is 1. The Hall–Kier alpha value is -1.30. The smallest absolute Gasteiger partial charge is 0.187 e. The largest absolute Gasteiger partial charge is 0.394 e. The summed E-state index contributed by atoms with van der Waals surface area (Å²) in [6.45, 7) is 14.8. The Bertz CT molecular complexity index is 2330. The van der Waals surface area contributed by atoms with E-state index in [-0.39, 0.29) is 46.0 Å². The van der Waals surface area contributed by atoms with E-state index < -0.39 is 191 Å². The highest BCUT2D eigenvalue weighted by atomic mass is 16.8. The normalized spacial score (nSPS) is 57.1. The SMILES string of the molecule is CC(C)=C[C@H]1C[C@](C)(O)[C@@H]2[C@@H]3CC[C@@H]4[C@@]5(C)CC[C@@H](O[C@H]6OC[C@H](O)[C@H](O[C@@H]7O[C@@H](CO[C@H]8O[C@H](CO)[C@H](O)[C@H](O)[C@H]8O)[C@H](O)[C@H](O)[C@H]7O[C@H]7OC[C@@H](O)[C@H](O)[C@H]7O)[C@H]6O[C@H]6O[C@@H](C)[C@H](O)[C@@H](O)[C@H]6O)C(C)(C)[C@H]5CC[C@@]4(C)[C@@]34CO[C@@]2(C4)O1. The molecular weight excluding hydrogens is 1110 g/mol. The lowest BCUT2D eigenvalue weighted by atomic mass is 9.35. The van der Waals surface area contributed by atoms with Gasteiger partial charge in [0.1, 0.15) is 104 Å². The molecule has 26 nitrogen and oxygen atoms in total. The van der Waals surface area contributed by atoms with E-state index in [2.05, 4.69) is 33.8 Å². The van der Waals surface area contributed by atoms with Crippen molar-refractivity contribution in [3.63, 3.8) is 0 Å². The highest BCUT2D eigenvalue weighted by Gasteiger charge is 2.81. The predicted octanol–water partition coefficient (Wildman–Crippen LogP) is -2.72. The number of aliphatic hydroxyl groups excluding tert-OH is 13. The molecule has 14 N–H and O–H groups in total. The molecular formula is C58H94O26. The van der Waals surface area contributed by atoms with Crippen molar-refractivity contribution in [3.8, 4) is 0 Å². The number of ether oxygens (including phenoxy) is 12. The zero-order valence-electron chi connectivity index (χ0n) is 49.2. The molecule has 0 aromatic rings. The topological polar surface area (TPSA) is 394 Å². The highest BCUT2D eigenvalue weighted by Crippen LogP contribution is 2.80. The van der Waals surface area contributed by atoms with Gasteiger partial charge in [-0.2, -0.15) is 0 Å². The second-order valence-corrected chi connectivity index (χ2v) is 28.2. The Kier molecular flexibility index (Phi) is 17.9. The molecule has 2 bridgehead atoms. The molecule has 2 spiro atoms. The average Bonchev–Trinajstić information content (AvgIpc) is 1.44. The van der Waals surface area contributed by atoms with E-state index in [9.17, 15) is 71.5 Å². The van der Waals surface area contributed by atoms with Crippen LogP contribution in [0, 0.1) is 45.3 Å². The minimum absolute atomic E-state index is 0.110. The average molecular weight is 1210 g/mol. The molecule has 26 heteroatoms. The molecule has 7 heterocycles. The summed E-state index contributed by atoms with van der Waals surface area (Å²) < 4.78 is 75.5. The quantitative estimate of drug-likeness (QED) is 0.0658. The van der Waals surface area contributed by atoms with E-state index in [1.54, 1.807) is 0 Å². The third-order valence-corrected chi connectivity index (χ3v) is 22.5. The summed E-state index contributed by atoms with van der Waals surface area (Å²) in [5, 5.41) is 154. The minimum Gasteiger partial charge on any atom is -0.394 e. The van der Waals surface area contributed by atoms with Crippen LogP contribution in [0.15, 0.2) is 11.6 Å². The van der Waals surface area contributed by atoms with E-state index in [1.807, 2.05) is 20.8 Å². The first-order valence-corrected chi connectivity index (χ1v) is 30.3. The van der Waals surface area contributed by atoms with Crippen LogP contribution in [0.25, 0.3) is 0 Å². The van der Waals surface area contributed by atoms with Gasteiger partial charge < -0.3 is 128 Å². The molecule has 0 radical (unpaired) electrons. The van der Waals surface area contributed by atoms with Crippen LogP contribution in [0.2, 0.25) is 0 Å². The molecule has 34 atom stereocenters. The maximum Gasteiger partial charge on any atom is 0.187 e. The van der Waals surface area contributed by atoms with Gasteiger partial charge in [-0.1, -0.05) is 39.3 Å². The van der Waals surface area contributed by atoms with Crippen LogP contribution in [0.4, 0.5) is 0 Å². The van der Waals surface area contributed by atoms with Gasteiger partial charge >= 0.3 is 0 Å². The van der Waals surface area contributed by atoms with Crippen LogP contribution in [-0.4, -0.2) is 269 Å². The van der Waals surface area contributed by atoms with Crippen molar-refractivity contribution in [3.05, 3.63) is 11.6 Å². The molecule has 0 amide bonds. The number of hydrogen-bond donors (Lipinski definition) is 14. The standard InChI is InChI=1S/C58H94O26/c1-23(2)15-25-16-56(8,72)47-26-9-10-32-54(6)13-12-33(53(4,5)31(54)11-14-55(32,7)57(26)21-58(47,84-25)76-22-57)80-51-46(83-50-43(71)38(66)34(62)24(3)77-50)44(28(61)19-74-51)81-52-45(82-49-41(69)35(63)27(60)18-73-49)40(68)37(65)30(79-52)20-75-48-42(70)39(67)36(64)29(17-59)78-48/h15,24-52,59-72H,9-14,16-22H2,1-8H3/t24-,25-,26-,27+,28-,29+,30-,31+,32+,33+,34-,35-,36-,37-,38+,39-,40-,41+,42+,43+,44-,45+,46+,47-,48-,49+,50+,51+,52-,54-,55+,56-,57-,58-/m0/s1.